The Balaban J connectivity index is 1.56. The molecule has 0 bridgehead atoms. The van der Waals surface area contributed by atoms with E-state index in [1.165, 1.54) is 23.9 Å². The predicted octanol–water partition coefficient (Wildman–Crippen LogP) is 5.19. The SMILES string of the molecule is O=C1NC(=Nc2ccccc2Cl)S/C1=C\c1ccc(-c2cccc(C(=O)O)c2)o1. The lowest BCUT2D eigenvalue weighted by molar-refractivity contribution is -0.115. The number of hydrogen-bond acceptors (Lipinski definition) is 5. The molecule has 1 aliphatic rings. The molecular weight excluding hydrogens is 412 g/mol. The monoisotopic (exact) mass is 424 g/mol. The number of para-hydroxylation sites is 1. The van der Waals surface area contributed by atoms with Crippen LogP contribution in [0, 0.1) is 0 Å². The Labute approximate surface area is 174 Å². The molecule has 1 aliphatic heterocycles. The summed E-state index contributed by atoms with van der Waals surface area (Å²) in [6, 6.07) is 17.0. The Morgan fingerprint density at radius 1 is 1.14 bits per heavy atom. The highest BCUT2D eigenvalue weighted by molar-refractivity contribution is 8.18. The summed E-state index contributed by atoms with van der Waals surface area (Å²) in [4.78, 5) is 28.2. The number of furan rings is 1. The Hall–Kier alpha value is -3.29. The van der Waals surface area contributed by atoms with Crippen molar-refractivity contribution in [3.05, 3.63) is 81.9 Å². The second-order valence-electron chi connectivity index (χ2n) is 6.02. The minimum absolute atomic E-state index is 0.171. The van der Waals surface area contributed by atoms with Crippen LogP contribution < -0.4 is 5.32 Å². The van der Waals surface area contributed by atoms with Gasteiger partial charge in [0.25, 0.3) is 5.91 Å². The van der Waals surface area contributed by atoms with Crippen molar-refractivity contribution in [3.63, 3.8) is 0 Å². The Bertz CT molecular complexity index is 1180. The predicted molar refractivity (Wildman–Crippen MR) is 113 cm³/mol. The first-order valence-corrected chi connectivity index (χ1v) is 9.67. The van der Waals surface area contributed by atoms with Gasteiger partial charge in [-0.1, -0.05) is 35.9 Å². The maximum Gasteiger partial charge on any atom is 0.335 e. The number of thioether (sulfide) groups is 1. The molecule has 0 spiro atoms. The van der Waals surface area contributed by atoms with Crippen molar-refractivity contribution in [2.45, 2.75) is 0 Å². The number of carbonyl (C=O) groups excluding carboxylic acids is 1. The van der Waals surface area contributed by atoms with Crippen LogP contribution in [0.2, 0.25) is 5.02 Å². The number of aliphatic imine (C=N–C) groups is 1. The van der Waals surface area contributed by atoms with E-state index in [-0.39, 0.29) is 11.5 Å². The smallest absolute Gasteiger partial charge is 0.335 e. The highest BCUT2D eigenvalue weighted by Gasteiger charge is 2.24. The van der Waals surface area contributed by atoms with Crippen LogP contribution >= 0.6 is 23.4 Å². The minimum atomic E-state index is -1.01. The van der Waals surface area contributed by atoms with Crippen molar-refractivity contribution in [1.29, 1.82) is 0 Å². The number of halogens is 1. The number of hydrogen-bond donors (Lipinski definition) is 2. The van der Waals surface area contributed by atoms with E-state index in [2.05, 4.69) is 10.3 Å². The summed E-state index contributed by atoms with van der Waals surface area (Å²) in [6.45, 7) is 0. The largest absolute Gasteiger partial charge is 0.478 e. The molecule has 0 unspecified atom stereocenters. The number of carboxylic acid groups (broad SMARTS) is 1. The quantitative estimate of drug-likeness (QED) is 0.562. The first-order chi connectivity index (χ1) is 14.0. The van der Waals surface area contributed by atoms with Crippen molar-refractivity contribution in [2.75, 3.05) is 0 Å². The standard InChI is InChI=1S/C21H13ClN2O4S/c22-15-6-1-2-7-16(15)23-21-24-19(25)18(29-21)11-14-8-9-17(28-14)12-4-3-5-13(10-12)20(26)27/h1-11H,(H,26,27)(H,23,24,25)/b18-11-. The van der Waals surface area contributed by atoms with Gasteiger partial charge in [-0.15, -0.1) is 0 Å². The van der Waals surface area contributed by atoms with E-state index in [9.17, 15) is 9.59 Å². The molecule has 6 nitrogen and oxygen atoms in total. The van der Waals surface area contributed by atoms with Crippen LogP contribution in [0.4, 0.5) is 5.69 Å². The molecule has 2 aromatic carbocycles. The fourth-order valence-corrected chi connectivity index (χ4v) is 3.65. The molecule has 1 aromatic heterocycles. The summed E-state index contributed by atoms with van der Waals surface area (Å²) < 4.78 is 5.76. The first-order valence-electron chi connectivity index (χ1n) is 8.47. The zero-order valence-electron chi connectivity index (χ0n) is 14.8. The molecule has 29 heavy (non-hydrogen) atoms. The van der Waals surface area contributed by atoms with Gasteiger partial charge < -0.3 is 14.8 Å². The molecule has 0 radical (unpaired) electrons. The zero-order valence-corrected chi connectivity index (χ0v) is 16.3. The van der Waals surface area contributed by atoms with E-state index in [0.29, 0.717) is 37.9 Å². The summed E-state index contributed by atoms with van der Waals surface area (Å²) in [6.07, 6.45) is 1.61. The lowest BCUT2D eigenvalue weighted by Crippen LogP contribution is -2.19. The fourth-order valence-electron chi connectivity index (χ4n) is 2.65. The maximum atomic E-state index is 12.2. The first kappa shape index (κ1) is 19.0. The third kappa shape index (κ3) is 4.26. The molecule has 1 saturated heterocycles. The fraction of sp³-hybridized carbons (Fsp3) is 0. The average Bonchev–Trinajstić information content (AvgIpc) is 3.31. The van der Waals surface area contributed by atoms with Gasteiger partial charge >= 0.3 is 5.97 Å². The number of amidine groups is 1. The normalized spacial score (nSPS) is 16.4. The van der Waals surface area contributed by atoms with Crippen LogP contribution in [0.1, 0.15) is 16.1 Å². The zero-order chi connectivity index (χ0) is 20.4. The number of rotatable bonds is 4. The second-order valence-corrected chi connectivity index (χ2v) is 7.46. The number of benzene rings is 2. The lowest BCUT2D eigenvalue weighted by Gasteiger charge is -1.99. The van der Waals surface area contributed by atoms with Gasteiger partial charge in [0.2, 0.25) is 0 Å². The van der Waals surface area contributed by atoms with Crippen molar-refractivity contribution in [3.8, 4) is 11.3 Å². The molecule has 0 atom stereocenters. The molecular formula is C21H13ClN2O4S. The Kier molecular flexibility index (Phi) is 5.24. The number of carboxylic acids is 1. The van der Waals surface area contributed by atoms with E-state index in [1.807, 2.05) is 6.07 Å². The second kappa shape index (κ2) is 7.98. The van der Waals surface area contributed by atoms with Gasteiger partial charge in [-0.3, -0.25) is 4.79 Å². The molecule has 3 aromatic rings. The molecule has 2 N–H and O–H groups in total. The highest BCUT2D eigenvalue weighted by Crippen LogP contribution is 2.32. The van der Waals surface area contributed by atoms with Crippen molar-refractivity contribution in [2.24, 2.45) is 4.99 Å². The lowest BCUT2D eigenvalue weighted by atomic mass is 10.1. The average molecular weight is 425 g/mol. The molecule has 0 aliphatic carbocycles. The molecule has 144 valence electrons. The summed E-state index contributed by atoms with van der Waals surface area (Å²) >= 11 is 7.28. The van der Waals surface area contributed by atoms with Crippen molar-refractivity contribution >= 4 is 52.2 Å². The number of carbonyl (C=O) groups is 2. The van der Waals surface area contributed by atoms with Crippen LogP contribution in [0.15, 0.2) is 75.0 Å². The van der Waals surface area contributed by atoms with Gasteiger partial charge in [-0.2, -0.15) is 0 Å². The van der Waals surface area contributed by atoms with Gasteiger partial charge in [0, 0.05) is 11.6 Å². The van der Waals surface area contributed by atoms with Crippen LogP contribution in [0.5, 0.6) is 0 Å². The Morgan fingerprint density at radius 3 is 2.76 bits per heavy atom. The molecule has 1 amide bonds. The molecule has 2 heterocycles. The Morgan fingerprint density at radius 2 is 1.97 bits per heavy atom. The third-order valence-electron chi connectivity index (χ3n) is 4.02. The van der Waals surface area contributed by atoms with Crippen molar-refractivity contribution < 1.29 is 19.1 Å². The molecule has 0 saturated carbocycles. The van der Waals surface area contributed by atoms with Crippen LogP contribution in [0.3, 0.4) is 0 Å². The number of amides is 1. The molecule has 1 fully saturated rings. The van der Waals surface area contributed by atoms with Crippen LogP contribution in [0.25, 0.3) is 17.4 Å². The third-order valence-corrected chi connectivity index (χ3v) is 5.25. The summed E-state index contributed by atoms with van der Waals surface area (Å²) in [5.74, 6) is -0.317. The molecule has 4 rings (SSSR count). The van der Waals surface area contributed by atoms with Gasteiger partial charge in [0.1, 0.15) is 11.5 Å². The summed E-state index contributed by atoms with van der Waals surface area (Å²) in [7, 11) is 0. The summed E-state index contributed by atoms with van der Waals surface area (Å²) in [5.41, 5.74) is 1.38. The van der Waals surface area contributed by atoms with E-state index >= 15 is 0 Å². The van der Waals surface area contributed by atoms with Gasteiger partial charge in [-0.25, -0.2) is 9.79 Å². The van der Waals surface area contributed by atoms with Gasteiger partial charge in [0.05, 0.1) is 21.2 Å². The van der Waals surface area contributed by atoms with E-state index in [1.54, 1.807) is 48.5 Å². The van der Waals surface area contributed by atoms with Gasteiger partial charge in [0.15, 0.2) is 5.17 Å². The van der Waals surface area contributed by atoms with E-state index in [4.69, 9.17) is 21.1 Å². The molecule has 8 heteroatoms. The number of nitrogens with one attached hydrogen (secondary N) is 1. The van der Waals surface area contributed by atoms with Crippen LogP contribution in [-0.4, -0.2) is 22.2 Å². The van der Waals surface area contributed by atoms with Crippen molar-refractivity contribution in [1.82, 2.24) is 5.32 Å². The number of aromatic carboxylic acids is 1. The minimum Gasteiger partial charge on any atom is -0.478 e. The highest BCUT2D eigenvalue weighted by atomic mass is 35.5. The van der Waals surface area contributed by atoms with E-state index in [0.717, 1.165) is 0 Å². The van der Waals surface area contributed by atoms with Gasteiger partial charge in [-0.05, 0) is 48.2 Å². The van der Waals surface area contributed by atoms with Crippen LogP contribution in [-0.2, 0) is 4.79 Å². The topological polar surface area (TPSA) is 91.9 Å². The maximum absolute atomic E-state index is 12.2. The number of nitrogens with zero attached hydrogens (tertiary/aromatic N) is 1. The summed E-state index contributed by atoms with van der Waals surface area (Å²) in [5, 5.41) is 12.7. The van der Waals surface area contributed by atoms with E-state index < -0.39 is 5.97 Å².